The van der Waals surface area contributed by atoms with Crippen molar-refractivity contribution >= 4 is 44.5 Å². The summed E-state index contributed by atoms with van der Waals surface area (Å²) in [5, 5.41) is 0.363. The highest BCUT2D eigenvalue weighted by molar-refractivity contribution is 7.21. The number of halogens is 1. The van der Waals surface area contributed by atoms with E-state index < -0.39 is 11.8 Å². The summed E-state index contributed by atoms with van der Waals surface area (Å²) in [5.41, 5.74) is 1.02. The van der Waals surface area contributed by atoms with E-state index in [-0.39, 0.29) is 23.9 Å². The van der Waals surface area contributed by atoms with Crippen molar-refractivity contribution in [3.05, 3.63) is 55.8 Å². The summed E-state index contributed by atoms with van der Waals surface area (Å²) >= 11 is 2.66. The van der Waals surface area contributed by atoms with Crippen molar-refractivity contribution in [1.29, 1.82) is 0 Å². The second-order valence-corrected chi connectivity index (χ2v) is 8.29. The first-order valence-corrected chi connectivity index (χ1v) is 9.51. The normalized spacial score (nSPS) is 11.1. The van der Waals surface area contributed by atoms with E-state index in [1.165, 1.54) is 24.5 Å². The van der Waals surface area contributed by atoms with E-state index in [9.17, 15) is 14.0 Å². The van der Waals surface area contributed by atoms with Crippen molar-refractivity contribution in [3.63, 3.8) is 0 Å². The van der Waals surface area contributed by atoms with Gasteiger partial charge in [0.05, 0.1) is 6.61 Å². The van der Waals surface area contributed by atoms with Gasteiger partial charge in [0.2, 0.25) is 5.78 Å². The zero-order valence-electron chi connectivity index (χ0n) is 14.6. The third-order valence-electron chi connectivity index (χ3n) is 3.91. The Labute approximate surface area is 158 Å². The topological polar surface area (TPSA) is 52.6 Å². The van der Waals surface area contributed by atoms with Gasteiger partial charge in [0, 0.05) is 38.1 Å². The molecule has 0 atom stereocenters. The van der Waals surface area contributed by atoms with Crippen LogP contribution in [0.2, 0.25) is 0 Å². The largest absolute Gasteiger partial charge is 0.453 e. The number of rotatable bonds is 6. The van der Waals surface area contributed by atoms with Gasteiger partial charge in [-0.25, -0.2) is 9.18 Å². The second-order valence-electron chi connectivity index (χ2n) is 5.78. The third-order valence-corrected chi connectivity index (χ3v) is 6.06. The number of ketones is 1. The lowest BCUT2D eigenvalue weighted by molar-refractivity contribution is 0.0476. The number of Topliss-reactive ketones (excluding diaryl/α,β-unsaturated/α-hetero) is 1. The molecule has 1 aromatic carbocycles. The van der Waals surface area contributed by atoms with E-state index in [1.54, 1.807) is 18.2 Å². The van der Waals surface area contributed by atoms with Crippen LogP contribution in [0, 0.1) is 19.7 Å². The SMILES string of the molecule is COCc1c(C(=O)OCC(=O)c2cc(C)sc2C)sc2cccc(F)c12. The number of aryl methyl sites for hydroxylation is 2. The number of hydrogen-bond donors (Lipinski definition) is 0. The van der Waals surface area contributed by atoms with Gasteiger partial charge >= 0.3 is 5.97 Å². The van der Waals surface area contributed by atoms with Gasteiger partial charge < -0.3 is 9.47 Å². The van der Waals surface area contributed by atoms with Crippen molar-refractivity contribution in [3.8, 4) is 0 Å². The minimum Gasteiger partial charge on any atom is -0.453 e. The first kappa shape index (κ1) is 18.7. The molecule has 7 heteroatoms. The molecular formula is C19H17FO4S2. The summed E-state index contributed by atoms with van der Waals surface area (Å²) in [6.45, 7) is 3.52. The fourth-order valence-corrected chi connectivity index (χ4v) is 4.85. The number of esters is 1. The lowest BCUT2D eigenvalue weighted by Gasteiger charge is -2.05. The molecule has 4 nitrogen and oxygen atoms in total. The molecule has 26 heavy (non-hydrogen) atoms. The predicted molar refractivity (Wildman–Crippen MR) is 101 cm³/mol. The van der Waals surface area contributed by atoms with Crippen molar-refractivity contribution in [2.45, 2.75) is 20.5 Å². The van der Waals surface area contributed by atoms with E-state index in [4.69, 9.17) is 9.47 Å². The Morgan fingerprint density at radius 2 is 1.96 bits per heavy atom. The molecule has 0 unspecified atom stereocenters. The molecule has 0 bridgehead atoms. The van der Waals surface area contributed by atoms with Gasteiger partial charge in [-0.1, -0.05) is 6.07 Å². The summed E-state index contributed by atoms with van der Waals surface area (Å²) in [6.07, 6.45) is 0. The molecule has 0 saturated carbocycles. The zero-order valence-corrected chi connectivity index (χ0v) is 16.2. The maximum absolute atomic E-state index is 14.2. The number of ether oxygens (including phenoxy) is 2. The molecule has 0 spiro atoms. The van der Waals surface area contributed by atoms with Crippen LogP contribution in [0.15, 0.2) is 24.3 Å². The lowest BCUT2D eigenvalue weighted by Crippen LogP contribution is -2.14. The number of benzene rings is 1. The molecule has 2 heterocycles. The Balaban J connectivity index is 1.83. The summed E-state index contributed by atoms with van der Waals surface area (Å²) < 4.78 is 25.1. The highest BCUT2D eigenvalue weighted by Crippen LogP contribution is 2.34. The molecular weight excluding hydrogens is 375 g/mol. The van der Waals surface area contributed by atoms with Crippen LogP contribution < -0.4 is 0 Å². The van der Waals surface area contributed by atoms with E-state index in [0.717, 1.165) is 21.1 Å². The third kappa shape index (κ3) is 3.56. The van der Waals surface area contributed by atoms with Crippen LogP contribution >= 0.6 is 22.7 Å². The zero-order chi connectivity index (χ0) is 18.8. The van der Waals surface area contributed by atoms with Gasteiger partial charge in [0.25, 0.3) is 0 Å². The Hall–Kier alpha value is -2.09. The first-order valence-electron chi connectivity index (χ1n) is 7.88. The molecule has 136 valence electrons. The molecule has 0 saturated heterocycles. The summed E-state index contributed by atoms with van der Waals surface area (Å²) in [6, 6.07) is 6.46. The van der Waals surface area contributed by atoms with E-state index in [1.807, 2.05) is 13.8 Å². The highest BCUT2D eigenvalue weighted by Gasteiger charge is 2.23. The summed E-state index contributed by atoms with van der Waals surface area (Å²) in [7, 11) is 1.48. The summed E-state index contributed by atoms with van der Waals surface area (Å²) in [5.74, 6) is -1.30. The maximum Gasteiger partial charge on any atom is 0.349 e. The number of hydrogen-bond acceptors (Lipinski definition) is 6. The molecule has 0 aliphatic rings. The minimum absolute atomic E-state index is 0.0855. The Kier molecular flexibility index (Phi) is 5.50. The van der Waals surface area contributed by atoms with Crippen LogP contribution in [0.5, 0.6) is 0 Å². The van der Waals surface area contributed by atoms with Crippen LogP contribution in [0.25, 0.3) is 10.1 Å². The van der Waals surface area contributed by atoms with Gasteiger partial charge in [-0.05, 0) is 32.0 Å². The fraction of sp³-hybridized carbons (Fsp3) is 0.263. The van der Waals surface area contributed by atoms with E-state index in [0.29, 0.717) is 21.2 Å². The van der Waals surface area contributed by atoms with Crippen LogP contribution in [0.1, 0.15) is 35.3 Å². The van der Waals surface area contributed by atoms with Crippen LogP contribution in [-0.4, -0.2) is 25.5 Å². The molecule has 3 aromatic rings. The van der Waals surface area contributed by atoms with Crippen molar-refractivity contribution in [2.75, 3.05) is 13.7 Å². The van der Waals surface area contributed by atoms with Gasteiger partial charge in [-0.15, -0.1) is 22.7 Å². The van der Waals surface area contributed by atoms with E-state index >= 15 is 0 Å². The highest BCUT2D eigenvalue weighted by atomic mass is 32.1. The van der Waals surface area contributed by atoms with Gasteiger partial charge in [0.1, 0.15) is 10.7 Å². The lowest BCUT2D eigenvalue weighted by atomic mass is 10.1. The first-order chi connectivity index (χ1) is 12.4. The smallest absolute Gasteiger partial charge is 0.349 e. The molecule has 0 radical (unpaired) electrons. The van der Waals surface area contributed by atoms with E-state index in [2.05, 4.69) is 0 Å². The minimum atomic E-state index is -0.643. The molecule has 0 N–H and O–H groups in total. The standard InChI is InChI=1S/C19H17FO4S2/c1-10-7-12(11(2)25-10)15(21)9-24-19(22)18-13(8-23-3)17-14(20)5-4-6-16(17)26-18/h4-7H,8-9H2,1-3H3. The molecule has 3 rings (SSSR count). The number of thiophene rings is 2. The molecule has 0 aliphatic carbocycles. The van der Waals surface area contributed by atoms with Crippen molar-refractivity contribution in [1.82, 2.24) is 0 Å². The van der Waals surface area contributed by atoms with Gasteiger partial charge in [0.15, 0.2) is 6.61 Å². The number of carbonyl (C=O) groups excluding carboxylic acids is 2. The van der Waals surface area contributed by atoms with Crippen molar-refractivity contribution in [2.24, 2.45) is 0 Å². The summed E-state index contributed by atoms with van der Waals surface area (Å²) in [4.78, 5) is 27.0. The quantitative estimate of drug-likeness (QED) is 0.442. The fourth-order valence-electron chi connectivity index (χ4n) is 2.80. The average Bonchev–Trinajstić information content (AvgIpc) is 3.13. The Morgan fingerprint density at radius 3 is 2.62 bits per heavy atom. The molecule has 0 amide bonds. The Bertz CT molecular complexity index is 987. The predicted octanol–water partition coefficient (Wildman–Crippen LogP) is 4.90. The van der Waals surface area contributed by atoms with Gasteiger partial charge in [-0.3, -0.25) is 4.79 Å². The number of carbonyl (C=O) groups is 2. The van der Waals surface area contributed by atoms with Gasteiger partial charge in [-0.2, -0.15) is 0 Å². The monoisotopic (exact) mass is 392 g/mol. The van der Waals surface area contributed by atoms with Crippen LogP contribution in [-0.2, 0) is 16.1 Å². The maximum atomic E-state index is 14.2. The van der Waals surface area contributed by atoms with Crippen molar-refractivity contribution < 1.29 is 23.5 Å². The molecule has 0 fully saturated rings. The second kappa shape index (κ2) is 7.65. The molecule has 2 aromatic heterocycles. The number of fused-ring (bicyclic) bond motifs is 1. The van der Waals surface area contributed by atoms with Crippen LogP contribution in [0.4, 0.5) is 4.39 Å². The van der Waals surface area contributed by atoms with Crippen LogP contribution in [0.3, 0.4) is 0 Å². The Morgan fingerprint density at radius 1 is 1.19 bits per heavy atom. The molecule has 0 aliphatic heterocycles. The average molecular weight is 392 g/mol. The number of methoxy groups -OCH3 is 1.